The zero-order chi connectivity index (χ0) is 14.0. The minimum atomic E-state index is 0.577. The lowest BCUT2D eigenvalue weighted by Crippen LogP contribution is -2.34. The standard InChI is InChI=1S/C17H28N2/c1-12(2)19-9-8-15(11-18-5)17(19)16-7-6-13(3)10-14(16)4/h6-7,10,12,15,17-18H,8-9,11H2,1-5H3. The number of hydrogen-bond acceptors (Lipinski definition) is 2. The van der Waals surface area contributed by atoms with Crippen LogP contribution in [0.2, 0.25) is 0 Å². The molecule has 2 heteroatoms. The summed E-state index contributed by atoms with van der Waals surface area (Å²) in [5.74, 6) is 0.730. The van der Waals surface area contributed by atoms with Crippen molar-refractivity contribution < 1.29 is 0 Å². The normalized spacial score (nSPS) is 24.3. The Labute approximate surface area is 118 Å². The molecule has 0 aliphatic carbocycles. The Bertz CT molecular complexity index is 425. The van der Waals surface area contributed by atoms with Gasteiger partial charge < -0.3 is 5.32 Å². The molecule has 1 aliphatic heterocycles. The molecule has 2 nitrogen and oxygen atoms in total. The first-order valence-electron chi connectivity index (χ1n) is 7.52. The van der Waals surface area contributed by atoms with Crippen LogP contribution in [-0.4, -0.2) is 31.1 Å². The van der Waals surface area contributed by atoms with Crippen molar-refractivity contribution in [3.63, 3.8) is 0 Å². The molecular formula is C17H28N2. The van der Waals surface area contributed by atoms with Crippen molar-refractivity contribution in [1.29, 1.82) is 0 Å². The van der Waals surface area contributed by atoms with Gasteiger partial charge in [-0.2, -0.15) is 0 Å². The lowest BCUT2D eigenvalue weighted by Gasteiger charge is -2.33. The number of aryl methyl sites for hydroxylation is 2. The highest BCUT2D eigenvalue weighted by Crippen LogP contribution is 2.39. The third kappa shape index (κ3) is 3.01. The second-order valence-electron chi connectivity index (χ2n) is 6.24. The van der Waals surface area contributed by atoms with E-state index in [2.05, 4.69) is 63.2 Å². The third-order valence-electron chi connectivity index (χ3n) is 4.44. The fourth-order valence-electron chi connectivity index (χ4n) is 3.53. The molecule has 0 spiro atoms. The van der Waals surface area contributed by atoms with Gasteiger partial charge in [0.1, 0.15) is 0 Å². The van der Waals surface area contributed by atoms with E-state index in [0.717, 1.165) is 12.5 Å². The lowest BCUT2D eigenvalue weighted by atomic mass is 9.89. The number of nitrogens with one attached hydrogen (secondary N) is 1. The van der Waals surface area contributed by atoms with E-state index < -0.39 is 0 Å². The van der Waals surface area contributed by atoms with Gasteiger partial charge in [-0.05, 0) is 71.3 Å². The number of rotatable bonds is 4. The topological polar surface area (TPSA) is 15.3 Å². The molecule has 1 saturated heterocycles. The molecule has 0 aromatic heterocycles. The van der Waals surface area contributed by atoms with Gasteiger partial charge >= 0.3 is 0 Å². The van der Waals surface area contributed by atoms with E-state index in [1.807, 2.05) is 0 Å². The molecule has 19 heavy (non-hydrogen) atoms. The van der Waals surface area contributed by atoms with Gasteiger partial charge in [0.25, 0.3) is 0 Å². The number of likely N-dealkylation sites (tertiary alicyclic amines) is 1. The van der Waals surface area contributed by atoms with Crippen molar-refractivity contribution in [2.75, 3.05) is 20.1 Å². The summed E-state index contributed by atoms with van der Waals surface area (Å²) in [5, 5.41) is 3.37. The zero-order valence-corrected chi connectivity index (χ0v) is 13.0. The summed E-state index contributed by atoms with van der Waals surface area (Å²) in [5.41, 5.74) is 4.33. The Morgan fingerprint density at radius 1 is 1.32 bits per heavy atom. The highest BCUT2D eigenvalue weighted by molar-refractivity contribution is 5.34. The van der Waals surface area contributed by atoms with E-state index >= 15 is 0 Å². The van der Waals surface area contributed by atoms with Gasteiger partial charge in [-0.3, -0.25) is 4.90 Å². The van der Waals surface area contributed by atoms with Crippen molar-refractivity contribution in [2.24, 2.45) is 5.92 Å². The molecule has 1 heterocycles. The van der Waals surface area contributed by atoms with E-state index in [9.17, 15) is 0 Å². The molecule has 2 atom stereocenters. The van der Waals surface area contributed by atoms with Crippen molar-refractivity contribution in [1.82, 2.24) is 10.2 Å². The molecule has 2 rings (SSSR count). The van der Waals surface area contributed by atoms with Crippen LogP contribution >= 0.6 is 0 Å². The molecule has 0 radical (unpaired) electrons. The maximum absolute atomic E-state index is 3.37. The van der Waals surface area contributed by atoms with E-state index in [0.29, 0.717) is 12.1 Å². The van der Waals surface area contributed by atoms with Gasteiger partial charge in [0.05, 0.1) is 0 Å². The van der Waals surface area contributed by atoms with Gasteiger partial charge in [-0.1, -0.05) is 23.8 Å². The Kier molecular flexibility index (Phi) is 4.64. The summed E-state index contributed by atoms with van der Waals surface area (Å²) in [7, 11) is 2.07. The van der Waals surface area contributed by atoms with Crippen LogP contribution in [0.5, 0.6) is 0 Å². The second-order valence-corrected chi connectivity index (χ2v) is 6.24. The van der Waals surface area contributed by atoms with E-state index in [-0.39, 0.29) is 0 Å². The molecule has 1 aliphatic rings. The second kappa shape index (κ2) is 6.06. The molecular weight excluding hydrogens is 232 g/mol. The molecule has 1 fully saturated rings. The first-order valence-corrected chi connectivity index (χ1v) is 7.52. The molecule has 1 aromatic rings. The fourth-order valence-corrected chi connectivity index (χ4v) is 3.53. The van der Waals surface area contributed by atoms with Crippen LogP contribution in [0.4, 0.5) is 0 Å². The zero-order valence-electron chi connectivity index (χ0n) is 13.0. The van der Waals surface area contributed by atoms with Gasteiger partial charge in [-0.15, -0.1) is 0 Å². The Hall–Kier alpha value is -0.860. The van der Waals surface area contributed by atoms with E-state index in [1.165, 1.54) is 29.7 Å². The maximum atomic E-state index is 3.37. The maximum Gasteiger partial charge on any atom is 0.0394 e. The smallest absolute Gasteiger partial charge is 0.0394 e. The van der Waals surface area contributed by atoms with Gasteiger partial charge in [0, 0.05) is 12.1 Å². The predicted molar refractivity (Wildman–Crippen MR) is 82.5 cm³/mol. The minimum Gasteiger partial charge on any atom is -0.319 e. The summed E-state index contributed by atoms with van der Waals surface area (Å²) in [6.07, 6.45) is 1.30. The molecule has 106 valence electrons. The van der Waals surface area contributed by atoms with Gasteiger partial charge in [0.2, 0.25) is 0 Å². The first-order chi connectivity index (χ1) is 9.04. The average molecular weight is 260 g/mol. The average Bonchev–Trinajstić information content (AvgIpc) is 2.73. The summed E-state index contributed by atoms with van der Waals surface area (Å²) in [6.45, 7) is 11.4. The van der Waals surface area contributed by atoms with Crippen LogP contribution < -0.4 is 5.32 Å². The Balaban J connectivity index is 2.34. The molecule has 0 bridgehead atoms. The third-order valence-corrected chi connectivity index (χ3v) is 4.44. The van der Waals surface area contributed by atoms with E-state index in [4.69, 9.17) is 0 Å². The van der Waals surface area contributed by atoms with Crippen LogP contribution in [-0.2, 0) is 0 Å². The van der Waals surface area contributed by atoms with Gasteiger partial charge in [0.15, 0.2) is 0 Å². The van der Waals surface area contributed by atoms with Crippen LogP contribution in [0.15, 0.2) is 18.2 Å². The molecule has 2 unspecified atom stereocenters. The lowest BCUT2D eigenvalue weighted by molar-refractivity contribution is 0.182. The largest absolute Gasteiger partial charge is 0.319 e. The van der Waals surface area contributed by atoms with Crippen molar-refractivity contribution in [3.8, 4) is 0 Å². The SMILES string of the molecule is CNCC1CCN(C(C)C)C1c1ccc(C)cc1C. The number of benzene rings is 1. The molecule has 0 amide bonds. The monoisotopic (exact) mass is 260 g/mol. The van der Waals surface area contributed by atoms with E-state index in [1.54, 1.807) is 0 Å². The van der Waals surface area contributed by atoms with Crippen molar-refractivity contribution in [2.45, 2.75) is 46.2 Å². The van der Waals surface area contributed by atoms with Crippen LogP contribution in [0.1, 0.15) is 43.0 Å². The van der Waals surface area contributed by atoms with Gasteiger partial charge in [-0.25, -0.2) is 0 Å². The number of hydrogen-bond donors (Lipinski definition) is 1. The molecule has 0 saturated carbocycles. The first kappa shape index (κ1) is 14.5. The summed E-state index contributed by atoms with van der Waals surface area (Å²) in [4.78, 5) is 2.67. The van der Waals surface area contributed by atoms with Crippen molar-refractivity contribution in [3.05, 3.63) is 34.9 Å². The molecule has 1 aromatic carbocycles. The quantitative estimate of drug-likeness (QED) is 0.893. The highest BCUT2D eigenvalue weighted by Gasteiger charge is 2.36. The Morgan fingerprint density at radius 3 is 2.63 bits per heavy atom. The van der Waals surface area contributed by atoms with Crippen LogP contribution in [0.3, 0.4) is 0 Å². The van der Waals surface area contributed by atoms with Crippen molar-refractivity contribution >= 4 is 0 Å². The Morgan fingerprint density at radius 2 is 2.05 bits per heavy atom. The summed E-state index contributed by atoms with van der Waals surface area (Å²) < 4.78 is 0. The summed E-state index contributed by atoms with van der Waals surface area (Å²) >= 11 is 0. The fraction of sp³-hybridized carbons (Fsp3) is 0.647. The summed E-state index contributed by atoms with van der Waals surface area (Å²) in [6, 6.07) is 8.12. The van der Waals surface area contributed by atoms with Crippen LogP contribution in [0.25, 0.3) is 0 Å². The van der Waals surface area contributed by atoms with Crippen LogP contribution in [0, 0.1) is 19.8 Å². The molecule has 1 N–H and O–H groups in total. The predicted octanol–water partition coefficient (Wildman–Crippen LogP) is 3.29. The highest BCUT2D eigenvalue weighted by atomic mass is 15.2. The minimum absolute atomic E-state index is 0.577. The number of nitrogens with zero attached hydrogens (tertiary/aromatic N) is 1.